The van der Waals surface area contributed by atoms with E-state index in [9.17, 15) is 14.7 Å². The molecule has 5 heteroatoms. The first kappa shape index (κ1) is 17.0. The van der Waals surface area contributed by atoms with Crippen molar-refractivity contribution >= 4 is 11.8 Å². The van der Waals surface area contributed by atoms with Crippen molar-refractivity contribution in [2.24, 2.45) is 0 Å². The van der Waals surface area contributed by atoms with Crippen LogP contribution in [-0.4, -0.2) is 23.5 Å². The zero-order chi connectivity index (χ0) is 17.8. The molecule has 2 amide bonds. The number of rotatable bonds is 5. The molecule has 0 saturated heterocycles. The maximum atomic E-state index is 12.6. The molecule has 5 nitrogen and oxygen atoms in total. The minimum atomic E-state index is -0.216. The molecule has 0 radical (unpaired) electrons. The lowest BCUT2D eigenvalue weighted by Crippen LogP contribution is -2.28. The quantitative estimate of drug-likeness (QED) is 0.784. The third kappa shape index (κ3) is 3.65. The maximum Gasteiger partial charge on any atom is 0.251 e. The number of phenols is 1. The van der Waals surface area contributed by atoms with E-state index in [2.05, 4.69) is 10.6 Å². The van der Waals surface area contributed by atoms with Gasteiger partial charge in [0.15, 0.2) is 0 Å². The largest absolute Gasteiger partial charge is 0.508 e. The smallest absolute Gasteiger partial charge is 0.251 e. The van der Waals surface area contributed by atoms with Gasteiger partial charge < -0.3 is 15.7 Å². The van der Waals surface area contributed by atoms with Gasteiger partial charge in [0.25, 0.3) is 11.8 Å². The van der Waals surface area contributed by atoms with E-state index < -0.39 is 0 Å². The number of fused-ring (bicyclic) bond motifs is 1. The second-order valence-electron chi connectivity index (χ2n) is 6.25. The monoisotopic (exact) mass is 338 g/mol. The van der Waals surface area contributed by atoms with E-state index in [0.29, 0.717) is 17.7 Å². The fourth-order valence-corrected chi connectivity index (χ4v) is 3.17. The highest BCUT2D eigenvalue weighted by molar-refractivity contribution is 5.99. The van der Waals surface area contributed by atoms with Crippen LogP contribution in [0.2, 0.25) is 0 Å². The number of benzene rings is 2. The molecule has 0 bridgehead atoms. The fraction of sp³-hybridized carbons (Fsp3) is 0.300. The van der Waals surface area contributed by atoms with Crippen LogP contribution in [-0.2, 0) is 6.42 Å². The van der Waals surface area contributed by atoms with Crippen LogP contribution >= 0.6 is 0 Å². The van der Waals surface area contributed by atoms with Crippen LogP contribution in [0.15, 0.2) is 42.5 Å². The summed E-state index contributed by atoms with van der Waals surface area (Å²) in [5, 5.41) is 15.7. The predicted molar refractivity (Wildman–Crippen MR) is 95.7 cm³/mol. The van der Waals surface area contributed by atoms with Gasteiger partial charge in [-0.05, 0) is 54.7 Å². The Morgan fingerprint density at radius 3 is 2.60 bits per heavy atom. The van der Waals surface area contributed by atoms with Gasteiger partial charge in [-0.1, -0.05) is 25.1 Å². The molecule has 2 aromatic carbocycles. The highest BCUT2D eigenvalue weighted by atomic mass is 16.3. The van der Waals surface area contributed by atoms with E-state index in [1.54, 1.807) is 36.4 Å². The van der Waals surface area contributed by atoms with E-state index in [-0.39, 0.29) is 23.6 Å². The lowest BCUT2D eigenvalue weighted by atomic mass is 10.1. The van der Waals surface area contributed by atoms with E-state index in [1.807, 2.05) is 13.0 Å². The number of amides is 2. The highest BCUT2D eigenvalue weighted by Crippen LogP contribution is 2.36. The third-order valence-electron chi connectivity index (χ3n) is 4.47. The van der Waals surface area contributed by atoms with Crippen LogP contribution < -0.4 is 10.6 Å². The van der Waals surface area contributed by atoms with Crippen LogP contribution in [0.3, 0.4) is 0 Å². The minimum absolute atomic E-state index is 0.118. The molecule has 1 aliphatic carbocycles. The van der Waals surface area contributed by atoms with Crippen molar-refractivity contribution in [1.29, 1.82) is 0 Å². The van der Waals surface area contributed by atoms with Crippen LogP contribution in [0.5, 0.6) is 5.75 Å². The van der Waals surface area contributed by atoms with Crippen molar-refractivity contribution in [3.05, 3.63) is 64.7 Å². The Bertz CT molecular complexity index is 801. The summed E-state index contributed by atoms with van der Waals surface area (Å²) in [6.45, 7) is 2.60. The second kappa shape index (κ2) is 7.38. The summed E-state index contributed by atoms with van der Waals surface area (Å²) >= 11 is 0. The Morgan fingerprint density at radius 2 is 1.84 bits per heavy atom. The number of carbonyl (C=O) groups is 2. The summed E-state index contributed by atoms with van der Waals surface area (Å²) < 4.78 is 0. The zero-order valence-electron chi connectivity index (χ0n) is 14.2. The molecule has 0 fully saturated rings. The highest BCUT2D eigenvalue weighted by Gasteiger charge is 2.26. The Balaban J connectivity index is 1.73. The lowest BCUT2D eigenvalue weighted by Gasteiger charge is -2.15. The van der Waals surface area contributed by atoms with Crippen LogP contribution in [0, 0.1) is 0 Å². The first-order chi connectivity index (χ1) is 12.1. The number of hydrogen-bond acceptors (Lipinski definition) is 3. The molecule has 1 atom stereocenters. The molecular formula is C20H22N2O3. The maximum absolute atomic E-state index is 12.6. The van der Waals surface area contributed by atoms with Crippen LogP contribution in [0.25, 0.3) is 0 Å². The van der Waals surface area contributed by atoms with Crippen molar-refractivity contribution in [3.63, 3.8) is 0 Å². The van der Waals surface area contributed by atoms with Gasteiger partial charge in [-0.3, -0.25) is 9.59 Å². The predicted octanol–water partition coefficient (Wildman–Crippen LogP) is 2.95. The SMILES string of the molecule is CCCNC(=O)c1cccc(C(=O)N[C@H]2CCc3c(O)cccc32)c1. The molecule has 0 unspecified atom stereocenters. The van der Waals surface area contributed by atoms with Gasteiger partial charge in [-0.25, -0.2) is 0 Å². The van der Waals surface area contributed by atoms with Gasteiger partial charge in [-0.2, -0.15) is 0 Å². The van der Waals surface area contributed by atoms with Crippen LogP contribution in [0.4, 0.5) is 0 Å². The second-order valence-corrected chi connectivity index (χ2v) is 6.25. The van der Waals surface area contributed by atoms with E-state index in [1.165, 1.54) is 0 Å². The number of carbonyl (C=O) groups excluding carboxylic acids is 2. The summed E-state index contributed by atoms with van der Waals surface area (Å²) in [4.78, 5) is 24.6. The molecule has 2 aromatic rings. The van der Waals surface area contributed by atoms with Crippen molar-refractivity contribution in [2.75, 3.05) is 6.54 Å². The molecule has 0 heterocycles. The Labute approximate surface area is 147 Å². The van der Waals surface area contributed by atoms with Gasteiger partial charge >= 0.3 is 0 Å². The third-order valence-corrected chi connectivity index (χ3v) is 4.47. The summed E-state index contributed by atoms with van der Waals surface area (Å²) in [7, 11) is 0. The summed E-state index contributed by atoms with van der Waals surface area (Å²) in [5.41, 5.74) is 2.80. The fourth-order valence-electron chi connectivity index (χ4n) is 3.17. The first-order valence-electron chi connectivity index (χ1n) is 8.60. The molecule has 25 heavy (non-hydrogen) atoms. The van der Waals surface area contributed by atoms with E-state index >= 15 is 0 Å². The Morgan fingerprint density at radius 1 is 1.12 bits per heavy atom. The summed E-state index contributed by atoms with van der Waals surface area (Å²) in [5.74, 6) is -0.109. The average Bonchev–Trinajstić information content (AvgIpc) is 3.04. The Kier molecular flexibility index (Phi) is 5.03. The number of nitrogens with one attached hydrogen (secondary N) is 2. The standard InChI is InChI=1S/C20H22N2O3/c1-2-11-21-19(24)13-5-3-6-14(12-13)20(25)22-17-10-9-16-15(17)7-4-8-18(16)23/h3-8,12,17,23H,2,9-11H2,1H3,(H,21,24)(H,22,25)/t17-/m0/s1. The molecule has 0 aromatic heterocycles. The van der Waals surface area contributed by atoms with Gasteiger partial charge in [0.05, 0.1) is 6.04 Å². The first-order valence-corrected chi connectivity index (χ1v) is 8.60. The van der Waals surface area contributed by atoms with E-state index in [0.717, 1.165) is 30.4 Å². The molecular weight excluding hydrogens is 316 g/mol. The molecule has 1 aliphatic rings. The molecule has 0 aliphatic heterocycles. The number of aromatic hydroxyl groups is 1. The lowest BCUT2D eigenvalue weighted by molar-refractivity contribution is 0.0936. The molecule has 3 rings (SSSR count). The van der Waals surface area contributed by atoms with Crippen molar-refractivity contribution < 1.29 is 14.7 Å². The van der Waals surface area contributed by atoms with Gasteiger partial charge in [-0.15, -0.1) is 0 Å². The normalized spacial score (nSPS) is 15.5. The van der Waals surface area contributed by atoms with Gasteiger partial charge in [0.1, 0.15) is 5.75 Å². The zero-order valence-corrected chi connectivity index (χ0v) is 14.2. The molecule has 0 saturated carbocycles. The van der Waals surface area contributed by atoms with Crippen molar-refractivity contribution in [1.82, 2.24) is 10.6 Å². The Hall–Kier alpha value is -2.82. The van der Waals surface area contributed by atoms with Crippen molar-refractivity contribution in [3.8, 4) is 5.75 Å². The summed E-state index contributed by atoms with van der Waals surface area (Å²) in [6.07, 6.45) is 2.36. The average molecular weight is 338 g/mol. The number of hydrogen-bond donors (Lipinski definition) is 3. The van der Waals surface area contributed by atoms with E-state index in [4.69, 9.17) is 0 Å². The molecule has 3 N–H and O–H groups in total. The number of phenolic OH excluding ortho intramolecular Hbond substituents is 1. The summed E-state index contributed by atoms with van der Waals surface area (Å²) in [6, 6.07) is 12.0. The van der Waals surface area contributed by atoms with Crippen molar-refractivity contribution in [2.45, 2.75) is 32.2 Å². The molecule has 0 spiro atoms. The topological polar surface area (TPSA) is 78.4 Å². The van der Waals surface area contributed by atoms with Gasteiger partial charge in [0, 0.05) is 17.7 Å². The minimum Gasteiger partial charge on any atom is -0.508 e. The molecule has 130 valence electrons. The van der Waals surface area contributed by atoms with Crippen LogP contribution in [0.1, 0.15) is 57.7 Å². The van der Waals surface area contributed by atoms with Gasteiger partial charge in [0.2, 0.25) is 0 Å².